The first kappa shape index (κ1) is 14.1. The minimum atomic E-state index is 0.436. The molecule has 2 heteroatoms. The summed E-state index contributed by atoms with van der Waals surface area (Å²) in [7, 11) is 2.13. The lowest BCUT2D eigenvalue weighted by atomic mass is 9.65. The van der Waals surface area contributed by atoms with Gasteiger partial charge in [-0.3, -0.25) is 0 Å². The van der Waals surface area contributed by atoms with Crippen molar-refractivity contribution in [3.63, 3.8) is 0 Å². The van der Waals surface area contributed by atoms with Gasteiger partial charge in [0.2, 0.25) is 0 Å². The van der Waals surface area contributed by atoms with E-state index >= 15 is 0 Å². The molecule has 1 fully saturated rings. The SMILES string of the molecule is CNC(c1cccc2ccsc12)C1CCCCC1(C)C. The Bertz CT molecular complexity index is 584. The molecule has 0 radical (unpaired) electrons. The van der Waals surface area contributed by atoms with E-state index in [2.05, 4.69) is 55.9 Å². The van der Waals surface area contributed by atoms with Crippen LogP contribution in [-0.4, -0.2) is 7.05 Å². The molecule has 1 aliphatic rings. The number of fused-ring (bicyclic) bond motifs is 1. The summed E-state index contributed by atoms with van der Waals surface area (Å²) in [4.78, 5) is 0. The van der Waals surface area contributed by atoms with Crippen LogP contribution in [0.15, 0.2) is 29.6 Å². The van der Waals surface area contributed by atoms with Crippen LogP contribution >= 0.6 is 11.3 Å². The van der Waals surface area contributed by atoms with Crippen LogP contribution in [0.3, 0.4) is 0 Å². The third kappa shape index (κ3) is 2.40. The molecular formula is C18H25NS. The monoisotopic (exact) mass is 287 g/mol. The highest BCUT2D eigenvalue weighted by molar-refractivity contribution is 7.17. The summed E-state index contributed by atoms with van der Waals surface area (Å²) in [5, 5.41) is 7.24. The standard InChI is InChI=1S/C18H25NS/c1-18(2)11-5-4-9-15(18)16(19-3)14-8-6-7-13-10-12-20-17(13)14/h6-8,10,12,15-16,19H,4-5,9,11H2,1-3H3. The predicted molar refractivity (Wildman–Crippen MR) is 89.4 cm³/mol. The first-order chi connectivity index (χ1) is 9.63. The highest BCUT2D eigenvalue weighted by Gasteiger charge is 2.38. The van der Waals surface area contributed by atoms with Gasteiger partial charge >= 0.3 is 0 Å². The van der Waals surface area contributed by atoms with Crippen molar-refractivity contribution in [1.29, 1.82) is 0 Å². The Balaban J connectivity index is 2.03. The fourth-order valence-corrected chi connectivity index (χ4v) is 4.93. The van der Waals surface area contributed by atoms with Gasteiger partial charge in [0.15, 0.2) is 0 Å². The third-order valence-corrected chi connectivity index (χ3v) is 6.13. The van der Waals surface area contributed by atoms with E-state index in [-0.39, 0.29) is 0 Å². The average Bonchev–Trinajstić information content (AvgIpc) is 2.90. The Morgan fingerprint density at radius 2 is 2.10 bits per heavy atom. The Morgan fingerprint density at radius 3 is 2.85 bits per heavy atom. The molecule has 1 aromatic carbocycles. The molecule has 0 amide bonds. The van der Waals surface area contributed by atoms with Crippen molar-refractivity contribution in [2.24, 2.45) is 11.3 Å². The number of hydrogen-bond acceptors (Lipinski definition) is 2. The summed E-state index contributed by atoms with van der Waals surface area (Å²) in [5.74, 6) is 0.731. The van der Waals surface area contributed by atoms with Crippen molar-refractivity contribution in [3.8, 4) is 0 Å². The zero-order valence-corrected chi connectivity index (χ0v) is 13.6. The van der Waals surface area contributed by atoms with Crippen LogP contribution in [-0.2, 0) is 0 Å². The van der Waals surface area contributed by atoms with Gasteiger partial charge in [-0.2, -0.15) is 0 Å². The molecule has 0 spiro atoms. The molecule has 2 atom stereocenters. The minimum absolute atomic E-state index is 0.436. The van der Waals surface area contributed by atoms with Crippen LogP contribution in [0.5, 0.6) is 0 Å². The topological polar surface area (TPSA) is 12.0 Å². The highest BCUT2D eigenvalue weighted by Crippen LogP contribution is 2.48. The molecule has 1 aliphatic carbocycles. The molecule has 1 nitrogen and oxygen atoms in total. The zero-order valence-electron chi connectivity index (χ0n) is 12.8. The molecule has 3 rings (SSSR count). The second kappa shape index (κ2) is 5.50. The summed E-state index contributed by atoms with van der Waals surface area (Å²) < 4.78 is 1.47. The average molecular weight is 287 g/mol. The summed E-state index contributed by atoms with van der Waals surface area (Å²) in [5.41, 5.74) is 1.94. The number of rotatable bonds is 3. The van der Waals surface area contributed by atoms with Gasteiger partial charge in [-0.05, 0) is 53.6 Å². The van der Waals surface area contributed by atoms with Crippen molar-refractivity contribution in [2.75, 3.05) is 7.05 Å². The molecule has 1 saturated carbocycles. The molecule has 0 bridgehead atoms. The maximum Gasteiger partial charge on any atom is 0.0390 e. The maximum absolute atomic E-state index is 3.63. The van der Waals surface area contributed by atoms with Crippen LogP contribution in [0.4, 0.5) is 0 Å². The zero-order chi connectivity index (χ0) is 14.2. The molecule has 1 aromatic heterocycles. The van der Waals surface area contributed by atoms with E-state index in [9.17, 15) is 0 Å². The fraction of sp³-hybridized carbons (Fsp3) is 0.556. The van der Waals surface area contributed by atoms with Crippen LogP contribution < -0.4 is 5.32 Å². The van der Waals surface area contributed by atoms with Gasteiger partial charge in [0.25, 0.3) is 0 Å². The molecule has 108 valence electrons. The number of thiophene rings is 1. The van der Waals surface area contributed by atoms with Crippen LogP contribution in [0.25, 0.3) is 10.1 Å². The van der Waals surface area contributed by atoms with Gasteiger partial charge in [0, 0.05) is 10.7 Å². The van der Waals surface area contributed by atoms with E-state index in [4.69, 9.17) is 0 Å². The number of hydrogen-bond donors (Lipinski definition) is 1. The van der Waals surface area contributed by atoms with E-state index in [0.717, 1.165) is 5.92 Å². The molecule has 1 N–H and O–H groups in total. The Labute approximate surface area is 126 Å². The van der Waals surface area contributed by atoms with Crippen LogP contribution in [0.1, 0.15) is 51.1 Å². The minimum Gasteiger partial charge on any atom is -0.313 e. The normalized spacial score (nSPS) is 23.9. The largest absolute Gasteiger partial charge is 0.313 e. The molecular weight excluding hydrogens is 262 g/mol. The summed E-state index contributed by atoms with van der Waals surface area (Å²) in [6.07, 6.45) is 5.48. The number of benzene rings is 1. The van der Waals surface area contributed by atoms with Gasteiger partial charge in [-0.1, -0.05) is 44.9 Å². The van der Waals surface area contributed by atoms with Crippen molar-refractivity contribution >= 4 is 21.4 Å². The Morgan fingerprint density at radius 1 is 1.25 bits per heavy atom. The third-order valence-electron chi connectivity index (χ3n) is 5.15. The van der Waals surface area contributed by atoms with Gasteiger partial charge < -0.3 is 5.32 Å². The molecule has 20 heavy (non-hydrogen) atoms. The van der Waals surface area contributed by atoms with Crippen molar-refractivity contribution < 1.29 is 0 Å². The first-order valence-electron chi connectivity index (χ1n) is 7.77. The second-order valence-electron chi connectivity index (χ2n) is 6.79. The van der Waals surface area contributed by atoms with E-state index in [1.54, 1.807) is 0 Å². The molecule has 0 aliphatic heterocycles. The lowest BCUT2D eigenvalue weighted by molar-refractivity contribution is 0.102. The van der Waals surface area contributed by atoms with Crippen molar-refractivity contribution in [2.45, 2.75) is 45.6 Å². The van der Waals surface area contributed by atoms with E-state index in [1.807, 2.05) is 11.3 Å². The van der Waals surface area contributed by atoms with Crippen molar-refractivity contribution in [3.05, 3.63) is 35.2 Å². The van der Waals surface area contributed by atoms with Crippen LogP contribution in [0, 0.1) is 11.3 Å². The second-order valence-corrected chi connectivity index (χ2v) is 7.71. The predicted octanol–water partition coefficient (Wildman–Crippen LogP) is 5.38. The highest BCUT2D eigenvalue weighted by atomic mass is 32.1. The van der Waals surface area contributed by atoms with Crippen molar-refractivity contribution in [1.82, 2.24) is 5.32 Å². The van der Waals surface area contributed by atoms with E-state index < -0.39 is 0 Å². The summed E-state index contributed by atoms with van der Waals surface area (Å²) >= 11 is 1.88. The first-order valence-corrected chi connectivity index (χ1v) is 8.65. The van der Waals surface area contributed by atoms with Gasteiger partial charge in [-0.15, -0.1) is 11.3 Å². The summed E-state index contributed by atoms with van der Waals surface area (Å²) in [6, 6.07) is 9.48. The number of nitrogens with one attached hydrogen (secondary N) is 1. The van der Waals surface area contributed by atoms with Gasteiger partial charge in [0.1, 0.15) is 0 Å². The van der Waals surface area contributed by atoms with Crippen LogP contribution in [0.2, 0.25) is 0 Å². The fourth-order valence-electron chi connectivity index (χ4n) is 3.97. The molecule has 0 saturated heterocycles. The Hall–Kier alpha value is -0.860. The van der Waals surface area contributed by atoms with E-state index in [1.165, 1.54) is 41.3 Å². The van der Waals surface area contributed by atoms with Gasteiger partial charge in [0.05, 0.1) is 0 Å². The molecule has 2 unspecified atom stereocenters. The molecule has 1 heterocycles. The van der Waals surface area contributed by atoms with Gasteiger partial charge in [-0.25, -0.2) is 0 Å². The molecule has 2 aromatic rings. The smallest absolute Gasteiger partial charge is 0.0390 e. The quantitative estimate of drug-likeness (QED) is 0.799. The maximum atomic E-state index is 3.63. The lowest BCUT2D eigenvalue weighted by Gasteiger charge is -2.43. The Kier molecular flexibility index (Phi) is 3.87. The lowest BCUT2D eigenvalue weighted by Crippen LogP contribution is -2.37. The van der Waals surface area contributed by atoms with E-state index in [0.29, 0.717) is 11.5 Å². The summed E-state index contributed by atoms with van der Waals surface area (Å²) in [6.45, 7) is 4.91.